The Bertz CT molecular complexity index is 575. The summed E-state index contributed by atoms with van der Waals surface area (Å²) in [5.74, 6) is 0.440. The molecule has 2 N–H and O–H groups in total. The van der Waals surface area contributed by atoms with Crippen molar-refractivity contribution in [2.75, 3.05) is 13.2 Å². The predicted molar refractivity (Wildman–Crippen MR) is 94.0 cm³/mol. The van der Waals surface area contributed by atoms with E-state index in [1.807, 2.05) is 19.1 Å². The second-order valence-electron chi connectivity index (χ2n) is 7.52. The highest BCUT2D eigenvalue weighted by molar-refractivity contribution is 5.87. The van der Waals surface area contributed by atoms with E-state index < -0.39 is 0 Å². The van der Waals surface area contributed by atoms with Gasteiger partial charge in [-0.25, -0.2) is 0 Å². The van der Waals surface area contributed by atoms with Crippen molar-refractivity contribution in [2.24, 2.45) is 5.92 Å². The number of carbonyl (C=O) groups excluding carboxylic acids is 2. The van der Waals surface area contributed by atoms with Gasteiger partial charge in [0.1, 0.15) is 12.4 Å². The maximum Gasteiger partial charge on any atom is 0.223 e. The molecule has 2 amide bonds. The molecule has 0 aromatic heterocycles. The number of rotatable bonds is 5. The Kier molecular flexibility index (Phi) is 5.86. The summed E-state index contributed by atoms with van der Waals surface area (Å²) in [6.45, 7) is 9.28. The molecule has 5 nitrogen and oxygen atoms in total. The van der Waals surface area contributed by atoms with Crippen molar-refractivity contribution in [3.05, 3.63) is 29.8 Å². The molecular weight excluding hydrogens is 304 g/mol. The highest BCUT2D eigenvalue weighted by Crippen LogP contribution is 2.24. The smallest absolute Gasteiger partial charge is 0.223 e. The van der Waals surface area contributed by atoms with Gasteiger partial charge in [0.25, 0.3) is 0 Å². The zero-order chi connectivity index (χ0) is 17.7. The van der Waals surface area contributed by atoms with E-state index >= 15 is 0 Å². The molecule has 1 aromatic rings. The molecule has 0 unspecified atom stereocenters. The van der Waals surface area contributed by atoms with E-state index in [0.717, 1.165) is 5.75 Å². The summed E-state index contributed by atoms with van der Waals surface area (Å²) in [6, 6.07) is 8.09. The molecule has 24 heavy (non-hydrogen) atoms. The van der Waals surface area contributed by atoms with Gasteiger partial charge in [-0.1, -0.05) is 32.9 Å². The molecule has 1 saturated heterocycles. The fourth-order valence-corrected chi connectivity index (χ4v) is 2.86. The van der Waals surface area contributed by atoms with Gasteiger partial charge < -0.3 is 15.4 Å². The molecular formula is C19H28N2O3. The summed E-state index contributed by atoms with van der Waals surface area (Å²) in [5, 5.41) is 5.68. The van der Waals surface area contributed by atoms with Crippen LogP contribution in [0.2, 0.25) is 0 Å². The second kappa shape index (κ2) is 7.69. The Labute approximate surface area is 144 Å². The Morgan fingerprint density at radius 1 is 1.29 bits per heavy atom. The van der Waals surface area contributed by atoms with Crippen LogP contribution in [0.4, 0.5) is 0 Å². The van der Waals surface area contributed by atoms with E-state index in [-0.39, 0.29) is 35.6 Å². The van der Waals surface area contributed by atoms with E-state index in [2.05, 4.69) is 43.5 Å². The molecule has 1 aromatic carbocycles. The van der Waals surface area contributed by atoms with Gasteiger partial charge in [-0.15, -0.1) is 0 Å². The molecule has 0 aliphatic carbocycles. The number of amides is 2. The van der Waals surface area contributed by atoms with Gasteiger partial charge in [-0.05, 0) is 36.5 Å². The van der Waals surface area contributed by atoms with Crippen molar-refractivity contribution in [3.63, 3.8) is 0 Å². The SMILES string of the molecule is C[C@@H]1C[C@H](C(=O)NCCOc2ccc(C(C)(C)C)cc2)CC(=O)N1. The molecule has 132 valence electrons. The third kappa shape index (κ3) is 5.25. The molecule has 0 spiro atoms. The van der Waals surface area contributed by atoms with Gasteiger partial charge in [0, 0.05) is 18.4 Å². The molecule has 1 fully saturated rings. The summed E-state index contributed by atoms with van der Waals surface area (Å²) in [4.78, 5) is 23.6. The van der Waals surface area contributed by atoms with Crippen LogP contribution in [0.5, 0.6) is 5.75 Å². The van der Waals surface area contributed by atoms with Crippen LogP contribution >= 0.6 is 0 Å². The largest absolute Gasteiger partial charge is 0.492 e. The highest BCUT2D eigenvalue weighted by Gasteiger charge is 2.28. The lowest BCUT2D eigenvalue weighted by Gasteiger charge is -2.26. The zero-order valence-electron chi connectivity index (χ0n) is 15.0. The lowest BCUT2D eigenvalue weighted by molar-refractivity contribution is -0.133. The molecule has 1 aliphatic heterocycles. The minimum Gasteiger partial charge on any atom is -0.492 e. The Morgan fingerprint density at radius 3 is 2.54 bits per heavy atom. The van der Waals surface area contributed by atoms with Gasteiger partial charge in [-0.3, -0.25) is 9.59 Å². The number of ether oxygens (including phenoxy) is 1. The lowest BCUT2D eigenvalue weighted by atomic mass is 9.87. The summed E-state index contributed by atoms with van der Waals surface area (Å²) in [5.41, 5.74) is 1.38. The van der Waals surface area contributed by atoms with E-state index in [9.17, 15) is 9.59 Å². The minimum absolute atomic E-state index is 0.0518. The van der Waals surface area contributed by atoms with E-state index in [1.54, 1.807) is 0 Å². The number of benzene rings is 1. The number of nitrogens with one attached hydrogen (secondary N) is 2. The first-order valence-corrected chi connectivity index (χ1v) is 8.56. The summed E-state index contributed by atoms with van der Waals surface area (Å²) < 4.78 is 5.66. The predicted octanol–water partition coefficient (Wildman–Crippen LogP) is 2.39. The lowest BCUT2D eigenvalue weighted by Crippen LogP contribution is -2.46. The molecule has 1 heterocycles. The third-order valence-electron chi connectivity index (χ3n) is 4.24. The van der Waals surface area contributed by atoms with E-state index in [1.165, 1.54) is 5.56 Å². The van der Waals surface area contributed by atoms with Gasteiger partial charge in [0.05, 0.1) is 6.54 Å². The average molecular weight is 332 g/mol. The average Bonchev–Trinajstić information content (AvgIpc) is 2.50. The van der Waals surface area contributed by atoms with Gasteiger partial charge >= 0.3 is 0 Å². The van der Waals surface area contributed by atoms with Crippen LogP contribution in [0.25, 0.3) is 0 Å². The van der Waals surface area contributed by atoms with Crippen molar-refractivity contribution < 1.29 is 14.3 Å². The molecule has 1 aliphatic rings. The van der Waals surface area contributed by atoms with E-state index in [4.69, 9.17) is 4.74 Å². The normalized spacial score (nSPS) is 21.1. The standard InChI is InChI=1S/C19H28N2O3/c1-13-11-14(12-17(22)21-13)18(23)20-9-10-24-16-7-5-15(6-8-16)19(2,3)4/h5-8,13-14H,9-12H2,1-4H3,(H,20,23)(H,21,22)/t13-,14+/m1/s1. The molecule has 0 saturated carbocycles. The van der Waals surface area contributed by atoms with Crippen LogP contribution in [-0.4, -0.2) is 31.0 Å². The van der Waals surface area contributed by atoms with Crippen molar-refractivity contribution in [2.45, 2.75) is 52.0 Å². The topological polar surface area (TPSA) is 67.4 Å². The number of piperidine rings is 1. The number of hydrogen-bond acceptors (Lipinski definition) is 3. The van der Waals surface area contributed by atoms with Gasteiger partial charge in [-0.2, -0.15) is 0 Å². The Morgan fingerprint density at radius 2 is 1.96 bits per heavy atom. The third-order valence-corrected chi connectivity index (χ3v) is 4.24. The summed E-state index contributed by atoms with van der Waals surface area (Å²) >= 11 is 0. The molecule has 0 bridgehead atoms. The van der Waals surface area contributed by atoms with Crippen LogP contribution in [-0.2, 0) is 15.0 Å². The first-order chi connectivity index (χ1) is 11.3. The first kappa shape index (κ1) is 18.3. The van der Waals surface area contributed by atoms with Crippen molar-refractivity contribution >= 4 is 11.8 Å². The number of hydrogen-bond donors (Lipinski definition) is 2. The van der Waals surface area contributed by atoms with Crippen LogP contribution in [0, 0.1) is 5.92 Å². The minimum atomic E-state index is -0.236. The zero-order valence-corrected chi connectivity index (χ0v) is 15.0. The second-order valence-corrected chi connectivity index (χ2v) is 7.52. The summed E-state index contributed by atoms with van der Waals surface area (Å²) in [6.07, 6.45) is 0.956. The quantitative estimate of drug-likeness (QED) is 0.814. The van der Waals surface area contributed by atoms with Crippen molar-refractivity contribution in [1.82, 2.24) is 10.6 Å². The highest BCUT2D eigenvalue weighted by atomic mass is 16.5. The number of carbonyl (C=O) groups is 2. The molecule has 2 rings (SSSR count). The van der Waals surface area contributed by atoms with Gasteiger partial charge in [0.2, 0.25) is 11.8 Å². The molecule has 5 heteroatoms. The Hall–Kier alpha value is -2.04. The molecule has 0 radical (unpaired) electrons. The van der Waals surface area contributed by atoms with Crippen LogP contribution in [0.15, 0.2) is 24.3 Å². The van der Waals surface area contributed by atoms with Crippen LogP contribution < -0.4 is 15.4 Å². The maximum atomic E-state index is 12.1. The molecule has 2 atom stereocenters. The fourth-order valence-electron chi connectivity index (χ4n) is 2.86. The maximum absolute atomic E-state index is 12.1. The fraction of sp³-hybridized carbons (Fsp3) is 0.579. The van der Waals surface area contributed by atoms with Crippen molar-refractivity contribution in [1.29, 1.82) is 0 Å². The van der Waals surface area contributed by atoms with Crippen LogP contribution in [0.1, 0.15) is 46.1 Å². The monoisotopic (exact) mass is 332 g/mol. The summed E-state index contributed by atoms with van der Waals surface area (Å²) in [7, 11) is 0. The Balaban J connectivity index is 1.72. The van der Waals surface area contributed by atoms with Crippen molar-refractivity contribution in [3.8, 4) is 5.75 Å². The van der Waals surface area contributed by atoms with Crippen LogP contribution in [0.3, 0.4) is 0 Å². The van der Waals surface area contributed by atoms with E-state index in [0.29, 0.717) is 19.6 Å². The van der Waals surface area contributed by atoms with Gasteiger partial charge in [0.15, 0.2) is 0 Å². The first-order valence-electron chi connectivity index (χ1n) is 8.56.